The third-order valence-corrected chi connectivity index (χ3v) is 6.31. The smallest absolute Gasteiger partial charge is 0.262 e. The van der Waals surface area contributed by atoms with Crippen molar-refractivity contribution in [1.82, 2.24) is 0 Å². The summed E-state index contributed by atoms with van der Waals surface area (Å²) in [5.41, 5.74) is 3.66. The molecule has 4 rings (SSSR count). The van der Waals surface area contributed by atoms with Gasteiger partial charge in [0.15, 0.2) is 6.61 Å². The van der Waals surface area contributed by atoms with Gasteiger partial charge in [0.25, 0.3) is 5.91 Å². The third kappa shape index (κ3) is 5.21. The van der Waals surface area contributed by atoms with Crippen LogP contribution in [-0.4, -0.2) is 24.2 Å². The molecule has 1 saturated heterocycles. The van der Waals surface area contributed by atoms with Gasteiger partial charge in [-0.2, -0.15) is 0 Å². The maximum atomic E-state index is 12.5. The van der Waals surface area contributed by atoms with Gasteiger partial charge in [-0.3, -0.25) is 14.5 Å². The Bertz CT molecular complexity index is 1070. The monoisotopic (exact) mass is 452 g/mol. The van der Waals surface area contributed by atoms with Crippen molar-refractivity contribution in [2.24, 2.45) is 0 Å². The predicted octanol–water partition coefficient (Wildman–Crippen LogP) is 5.44. The van der Waals surface area contributed by atoms with E-state index < -0.39 is 0 Å². The fourth-order valence-corrected chi connectivity index (χ4v) is 4.57. The summed E-state index contributed by atoms with van der Waals surface area (Å²) in [4.78, 5) is 26.4. The van der Waals surface area contributed by atoms with Crippen molar-refractivity contribution < 1.29 is 14.3 Å². The van der Waals surface area contributed by atoms with E-state index in [1.165, 1.54) is 0 Å². The zero-order valence-electron chi connectivity index (χ0n) is 16.9. The molecule has 7 heteroatoms. The van der Waals surface area contributed by atoms with Gasteiger partial charge in [0.2, 0.25) is 5.91 Å². The first-order valence-corrected chi connectivity index (χ1v) is 11.2. The highest BCUT2D eigenvalue weighted by atomic mass is 35.5. The number of nitrogens with one attached hydrogen (secondary N) is 1. The minimum Gasteiger partial charge on any atom is -0.484 e. The zero-order chi connectivity index (χ0) is 21.8. The van der Waals surface area contributed by atoms with Crippen molar-refractivity contribution in [3.8, 4) is 5.75 Å². The lowest BCUT2D eigenvalue weighted by Gasteiger charge is -2.24. The minimum atomic E-state index is -0.234. The number of carbonyl (C=O) groups excluding carboxylic acids is 2. The maximum Gasteiger partial charge on any atom is 0.262 e. The van der Waals surface area contributed by atoms with E-state index in [9.17, 15) is 9.59 Å². The second-order valence-corrected chi connectivity index (χ2v) is 8.68. The number of nitrogens with zero attached hydrogens (tertiary/aromatic N) is 1. The van der Waals surface area contributed by atoms with Crippen molar-refractivity contribution >= 4 is 46.6 Å². The Balaban J connectivity index is 1.38. The molecule has 1 unspecified atom stereocenters. The maximum absolute atomic E-state index is 12.5. The molecule has 3 aromatic carbocycles. The summed E-state index contributed by atoms with van der Waals surface area (Å²) in [6.07, 6.45) is 0. The van der Waals surface area contributed by atoms with E-state index >= 15 is 0 Å². The van der Waals surface area contributed by atoms with Gasteiger partial charge >= 0.3 is 0 Å². The van der Waals surface area contributed by atoms with Gasteiger partial charge in [-0.25, -0.2) is 0 Å². The molecule has 1 heterocycles. The number of hydrogen-bond donors (Lipinski definition) is 1. The zero-order valence-corrected chi connectivity index (χ0v) is 18.5. The first-order valence-electron chi connectivity index (χ1n) is 9.78. The quantitative estimate of drug-likeness (QED) is 0.540. The lowest BCUT2D eigenvalue weighted by molar-refractivity contribution is -0.118. The molecule has 3 aromatic rings. The minimum absolute atomic E-state index is 0.0519. The van der Waals surface area contributed by atoms with Gasteiger partial charge < -0.3 is 10.1 Å². The number of anilines is 2. The molecule has 2 amide bonds. The Hall–Kier alpha value is -2.96. The summed E-state index contributed by atoms with van der Waals surface area (Å²) in [5, 5.41) is 3.36. The highest BCUT2D eigenvalue weighted by Crippen LogP contribution is 2.42. The summed E-state index contributed by atoms with van der Waals surface area (Å²) in [7, 11) is 0. The van der Waals surface area contributed by atoms with Gasteiger partial charge in [-0.1, -0.05) is 41.4 Å². The van der Waals surface area contributed by atoms with E-state index in [2.05, 4.69) is 5.32 Å². The van der Waals surface area contributed by atoms with Gasteiger partial charge in [-0.05, 0) is 61.0 Å². The highest BCUT2D eigenvalue weighted by Gasteiger charge is 2.33. The Morgan fingerprint density at radius 3 is 2.42 bits per heavy atom. The normalized spacial score (nSPS) is 15.7. The molecule has 31 heavy (non-hydrogen) atoms. The summed E-state index contributed by atoms with van der Waals surface area (Å²) in [5.74, 6) is 0.799. The Morgan fingerprint density at radius 2 is 1.74 bits per heavy atom. The fraction of sp³-hybridized carbons (Fsp3) is 0.167. The van der Waals surface area contributed by atoms with Crippen molar-refractivity contribution in [3.05, 3.63) is 88.9 Å². The number of hydrogen-bond acceptors (Lipinski definition) is 4. The van der Waals surface area contributed by atoms with E-state index in [-0.39, 0.29) is 23.8 Å². The molecule has 5 nitrogen and oxygen atoms in total. The van der Waals surface area contributed by atoms with Gasteiger partial charge in [0.05, 0.1) is 5.75 Å². The van der Waals surface area contributed by atoms with Gasteiger partial charge in [-0.15, -0.1) is 11.8 Å². The van der Waals surface area contributed by atoms with Crippen LogP contribution in [0.15, 0.2) is 72.8 Å². The summed E-state index contributed by atoms with van der Waals surface area (Å²) in [6, 6.07) is 22.3. The topological polar surface area (TPSA) is 58.6 Å². The van der Waals surface area contributed by atoms with E-state index in [1.807, 2.05) is 67.6 Å². The molecule has 1 fully saturated rings. The number of halogens is 1. The van der Waals surface area contributed by atoms with Crippen molar-refractivity contribution in [2.45, 2.75) is 12.3 Å². The molecular weight excluding hydrogens is 432 g/mol. The number of rotatable bonds is 6. The predicted molar refractivity (Wildman–Crippen MR) is 126 cm³/mol. The summed E-state index contributed by atoms with van der Waals surface area (Å²) in [6.45, 7) is 1.89. The second-order valence-electron chi connectivity index (χ2n) is 7.18. The van der Waals surface area contributed by atoms with Crippen LogP contribution in [0, 0.1) is 6.92 Å². The molecule has 0 radical (unpaired) electrons. The molecular formula is C24H21ClN2O3S. The standard InChI is InChI=1S/C24H21ClN2O3S/c1-16-2-8-19(9-3-16)26-22(28)14-30-21-12-10-20(11-13-21)27-23(29)15-31-24(27)17-4-6-18(25)7-5-17/h2-13,24H,14-15H2,1H3,(H,26,28). The summed E-state index contributed by atoms with van der Waals surface area (Å²) >= 11 is 7.57. The molecule has 0 bridgehead atoms. The van der Waals surface area contributed by atoms with E-state index in [4.69, 9.17) is 16.3 Å². The van der Waals surface area contributed by atoms with Crippen molar-refractivity contribution in [3.63, 3.8) is 0 Å². The largest absolute Gasteiger partial charge is 0.484 e. The van der Waals surface area contributed by atoms with E-state index in [0.717, 1.165) is 22.5 Å². The van der Waals surface area contributed by atoms with Gasteiger partial charge in [0.1, 0.15) is 11.1 Å². The van der Waals surface area contributed by atoms with Crippen LogP contribution < -0.4 is 15.0 Å². The molecule has 1 aliphatic heterocycles. The van der Waals surface area contributed by atoms with Crippen molar-refractivity contribution in [1.29, 1.82) is 0 Å². The number of carbonyl (C=O) groups is 2. The van der Waals surface area contributed by atoms with Crippen LogP contribution in [0.5, 0.6) is 5.75 Å². The molecule has 1 aliphatic rings. The van der Waals surface area contributed by atoms with Crippen LogP contribution in [0.4, 0.5) is 11.4 Å². The highest BCUT2D eigenvalue weighted by molar-refractivity contribution is 8.00. The Labute approximate surface area is 190 Å². The first-order chi connectivity index (χ1) is 15.0. The molecule has 0 aromatic heterocycles. The first kappa shape index (κ1) is 21.3. The molecule has 0 aliphatic carbocycles. The molecule has 158 valence electrons. The van der Waals surface area contributed by atoms with Crippen LogP contribution >= 0.6 is 23.4 Å². The SMILES string of the molecule is Cc1ccc(NC(=O)COc2ccc(N3C(=O)CSC3c3ccc(Cl)cc3)cc2)cc1. The van der Waals surface area contributed by atoms with Crippen LogP contribution in [0.25, 0.3) is 0 Å². The average molecular weight is 453 g/mol. The molecule has 0 spiro atoms. The number of thioether (sulfide) groups is 1. The van der Waals surface area contributed by atoms with Gasteiger partial charge in [0, 0.05) is 16.4 Å². The van der Waals surface area contributed by atoms with E-state index in [0.29, 0.717) is 16.5 Å². The van der Waals surface area contributed by atoms with Crippen LogP contribution in [0.2, 0.25) is 5.02 Å². The van der Waals surface area contributed by atoms with Crippen molar-refractivity contribution in [2.75, 3.05) is 22.6 Å². The Morgan fingerprint density at radius 1 is 1.06 bits per heavy atom. The number of amides is 2. The molecule has 1 atom stereocenters. The molecule has 0 saturated carbocycles. The van der Waals surface area contributed by atoms with E-state index in [1.54, 1.807) is 28.8 Å². The lowest BCUT2D eigenvalue weighted by Crippen LogP contribution is -2.27. The van der Waals surface area contributed by atoms with Crippen LogP contribution in [-0.2, 0) is 9.59 Å². The van der Waals surface area contributed by atoms with Crippen LogP contribution in [0.1, 0.15) is 16.5 Å². The molecule has 1 N–H and O–H groups in total. The second kappa shape index (κ2) is 9.45. The number of ether oxygens (including phenoxy) is 1. The van der Waals surface area contributed by atoms with Crippen LogP contribution in [0.3, 0.4) is 0 Å². The summed E-state index contributed by atoms with van der Waals surface area (Å²) < 4.78 is 5.60. The number of aryl methyl sites for hydroxylation is 1. The lowest BCUT2D eigenvalue weighted by atomic mass is 10.2. The average Bonchev–Trinajstić information content (AvgIpc) is 3.16. The number of benzene rings is 3. The fourth-order valence-electron chi connectivity index (χ4n) is 3.26. The third-order valence-electron chi connectivity index (χ3n) is 4.84. The Kier molecular flexibility index (Phi) is 6.49.